The summed E-state index contributed by atoms with van der Waals surface area (Å²) in [5.74, 6) is 0.429. The highest BCUT2D eigenvalue weighted by Gasteiger charge is 2.08. The van der Waals surface area contributed by atoms with E-state index in [-0.39, 0.29) is 0 Å². The fraction of sp³-hybridized carbons (Fsp3) is 0.167. The standard InChI is InChI=1S/C6H6IN5/c1-12-5-3(11-6(12)7)4(8)9-2-10-5/h2H,1H3,(H2,8,9,10). The molecule has 0 aliphatic heterocycles. The number of nitrogen functional groups attached to an aromatic ring is 1. The van der Waals surface area contributed by atoms with Gasteiger partial charge in [-0.15, -0.1) is 0 Å². The molecule has 2 heterocycles. The van der Waals surface area contributed by atoms with Gasteiger partial charge in [-0.3, -0.25) is 0 Å². The van der Waals surface area contributed by atoms with Crippen LogP contribution in [-0.4, -0.2) is 19.5 Å². The number of nitrogens with two attached hydrogens (primary N) is 1. The number of fused-ring (bicyclic) bond motifs is 1. The van der Waals surface area contributed by atoms with Crippen molar-refractivity contribution in [3.05, 3.63) is 10.2 Å². The molecule has 0 radical (unpaired) electrons. The van der Waals surface area contributed by atoms with Gasteiger partial charge in [-0.05, 0) is 0 Å². The van der Waals surface area contributed by atoms with E-state index in [0.29, 0.717) is 11.3 Å². The summed E-state index contributed by atoms with van der Waals surface area (Å²) < 4.78 is 2.73. The number of aromatic nitrogens is 4. The summed E-state index contributed by atoms with van der Waals surface area (Å²) in [5.41, 5.74) is 7.05. The molecule has 0 atom stereocenters. The second kappa shape index (κ2) is 2.54. The Kier molecular flexibility index (Phi) is 1.63. The minimum atomic E-state index is 0.429. The number of hydrogen-bond acceptors (Lipinski definition) is 4. The number of halogens is 1. The highest BCUT2D eigenvalue weighted by Crippen LogP contribution is 2.16. The molecule has 2 rings (SSSR count). The number of anilines is 1. The lowest BCUT2D eigenvalue weighted by Crippen LogP contribution is -1.95. The molecular weight excluding hydrogens is 269 g/mol. The molecule has 0 aliphatic carbocycles. The third-order valence-electron chi connectivity index (χ3n) is 1.63. The largest absolute Gasteiger partial charge is 0.382 e. The van der Waals surface area contributed by atoms with Gasteiger partial charge in [0.2, 0.25) is 0 Å². The molecule has 2 aromatic rings. The average Bonchev–Trinajstić information content (AvgIpc) is 2.32. The zero-order valence-electron chi connectivity index (χ0n) is 6.32. The van der Waals surface area contributed by atoms with E-state index in [0.717, 1.165) is 9.48 Å². The summed E-state index contributed by atoms with van der Waals surface area (Å²) in [5, 5.41) is 0. The Morgan fingerprint density at radius 2 is 2.25 bits per heavy atom. The molecule has 0 unspecified atom stereocenters. The van der Waals surface area contributed by atoms with Crippen LogP contribution in [0.4, 0.5) is 5.82 Å². The topological polar surface area (TPSA) is 69.6 Å². The summed E-state index contributed by atoms with van der Waals surface area (Å²) in [6.45, 7) is 0. The summed E-state index contributed by atoms with van der Waals surface area (Å²) in [6, 6.07) is 0. The van der Waals surface area contributed by atoms with Crippen LogP contribution >= 0.6 is 22.6 Å². The van der Waals surface area contributed by atoms with Gasteiger partial charge in [-0.1, -0.05) is 0 Å². The summed E-state index contributed by atoms with van der Waals surface area (Å²) in [4.78, 5) is 12.1. The van der Waals surface area contributed by atoms with Crippen LogP contribution in [0.3, 0.4) is 0 Å². The van der Waals surface area contributed by atoms with Crippen molar-refractivity contribution >= 4 is 39.6 Å². The minimum Gasteiger partial charge on any atom is -0.382 e. The first-order valence-corrected chi connectivity index (χ1v) is 4.36. The molecule has 0 aromatic carbocycles. The van der Waals surface area contributed by atoms with Gasteiger partial charge < -0.3 is 10.3 Å². The Morgan fingerprint density at radius 3 is 2.92 bits per heavy atom. The van der Waals surface area contributed by atoms with E-state index >= 15 is 0 Å². The van der Waals surface area contributed by atoms with Gasteiger partial charge in [0.05, 0.1) is 0 Å². The van der Waals surface area contributed by atoms with Crippen molar-refractivity contribution in [2.45, 2.75) is 0 Å². The van der Waals surface area contributed by atoms with Crippen molar-refractivity contribution in [2.24, 2.45) is 7.05 Å². The molecule has 0 saturated carbocycles. The molecule has 2 N–H and O–H groups in total. The van der Waals surface area contributed by atoms with E-state index in [9.17, 15) is 0 Å². The van der Waals surface area contributed by atoms with Gasteiger partial charge in [0.15, 0.2) is 20.8 Å². The lowest BCUT2D eigenvalue weighted by Gasteiger charge is -1.93. The third kappa shape index (κ3) is 0.942. The van der Waals surface area contributed by atoms with Crippen LogP contribution in [0.2, 0.25) is 0 Å². The van der Waals surface area contributed by atoms with Crippen LogP contribution in [-0.2, 0) is 7.05 Å². The fourth-order valence-corrected chi connectivity index (χ4v) is 1.46. The van der Waals surface area contributed by atoms with Crippen LogP contribution in [0, 0.1) is 3.83 Å². The van der Waals surface area contributed by atoms with E-state index in [1.165, 1.54) is 6.33 Å². The van der Waals surface area contributed by atoms with Gasteiger partial charge in [-0.25, -0.2) is 15.0 Å². The molecule has 12 heavy (non-hydrogen) atoms. The molecular formula is C6H6IN5. The van der Waals surface area contributed by atoms with Gasteiger partial charge in [0.25, 0.3) is 0 Å². The fourth-order valence-electron chi connectivity index (χ4n) is 0.990. The first-order chi connectivity index (χ1) is 5.70. The average molecular weight is 275 g/mol. The molecule has 0 aliphatic rings. The summed E-state index contributed by atoms with van der Waals surface area (Å²) >= 11 is 2.12. The summed E-state index contributed by atoms with van der Waals surface area (Å²) in [6.07, 6.45) is 1.44. The van der Waals surface area contributed by atoms with Gasteiger partial charge >= 0.3 is 0 Å². The van der Waals surface area contributed by atoms with E-state index in [4.69, 9.17) is 5.73 Å². The smallest absolute Gasteiger partial charge is 0.173 e. The van der Waals surface area contributed by atoms with Crippen LogP contribution in [0.1, 0.15) is 0 Å². The number of hydrogen-bond donors (Lipinski definition) is 1. The van der Waals surface area contributed by atoms with E-state index < -0.39 is 0 Å². The predicted molar refractivity (Wildman–Crippen MR) is 53.4 cm³/mol. The van der Waals surface area contributed by atoms with Crippen LogP contribution in [0.25, 0.3) is 11.2 Å². The molecule has 6 heteroatoms. The van der Waals surface area contributed by atoms with Crippen molar-refractivity contribution < 1.29 is 0 Å². The third-order valence-corrected chi connectivity index (χ3v) is 2.59. The number of rotatable bonds is 0. The van der Waals surface area contributed by atoms with Crippen molar-refractivity contribution in [1.82, 2.24) is 19.5 Å². The molecule has 0 amide bonds. The zero-order valence-corrected chi connectivity index (χ0v) is 8.48. The molecule has 0 fully saturated rings. The SMILES string of the molecule is Cn1c(I)nc2c(N)ncnc21. The molecule has 0 spiro atoms. The molecule has 5 nitrogen and oxygen atoms in total. The number of aryl methyl sites for hydroxylation is 1. The number of nitrogens with zero attached hydrogens (tertiary/aromatic N) is 4. The Hall–Kier alpha value is -0.920. The van der Waals surface area contributed by atoms with E-state index in [2.05, 4.69) is 37.5 Å². The van der Waals surface area contributed by atoms with Gasteiger partial charge in [0, 0.05) is 29.6 Å². The van der Waals surface area contributed by atoms with Crippen molar-refractivity contribution in [3.8, 4) is 0 Å². The second-order valence-electron chi connectivity index (χ2n) is 2.37. The second-order valence-corrected chi connectivity index (χ2v) is 3.34. The highest BCUT2D eigenvalue weighted by atomic mass is 127. The first-order valence-electron chi connectivity index (χ1n) is 3.28. The lowest BCUT2D eigenvalue weighted by molar-refractivity contribution is 0.893. The van der Waals surface area contributed by atoms with Crippen LogP contribution in [0.15, 0.2) is 6.33 Å². The quantitative estimate of drug-likeness (QED) is 0.563. The highest BCUT2D eigenvalue weighted by molar-refractivity contribution is 14.1. The summed E-state index contributed by atoms with van der Waals surface area (Å²) in [7, 11) is 1.89. The van der Waals surface area contributed by atoms with E-state index in [1.54, 1.807) is 0 Å². The van der Waals surface area contributed by atoms with Crippen molar-refractivity contribution in [2.75, 3.05) is 5.73 Å². The molecule has 0 bridgehead atoms. The molecule has 62 valence electrons. The van der Waals surface area contributed by atoms with Crippen LogP contribution < -0.4 is 5.73 Å². The maximum atomic E-state index is 5.61. The Labute approximate surface area is 82.2 Å². The maximum Gasteiger partial charge on any atom is 0.173 e. The van der Waals surface area contributed by atoms with Crippen molar-refractivity contribution in [3.63, 3.8) is 0 Å². The molecule has 2 aromatic heterocycles. The predicted octanol–water partition coefficient (Wildman–Crippen LogP) is 0.550. The van der Waals surface area contributed by atoms with E-state index in [1.807, 2.05) is 11.6 Å². The van der Waals surface area contributed by atoms with Crippen LogP contribution in [0.5, 0.6) is 0 Å². The zero-order chi connectivity index (χ0) is 8.72. The monoisotopic (exact) mass is 275 g/mol. The first kappa shape index (κ1) is 7.71. The maximum absolute atomic E-state index is 5.61. The van der Waals surface area contributed by atoms with Gasteiger partial charge in [-0.2, -0.15) is 0 Å². The number of imidazole rings is 1. The Balaban J connectivity index is 2.95. The lowest BCUT2D eigenvalue weighted by atomic mass is 10.5. The molecule has 0 saturated heterocycles. The Bertz CT molecular complexity index is 435. The normalized spacial score (nSPS) is 10.8. The Morgan fingerprint density at radius 1 is 1.50 bits per heavy atom. The van der Waals surface area contributed by atoms with Crippen molar-refractivity contribution in [1.29, 1.82) is 0 Å². The van der Waals surface area contributed by atoms with Gasteiger partial charge in [0.1, 0.15) is 6.33 Å². The minimum absolute atomic E-state index is 0.429.